The van der Waals surface area contributed by atoms with E-state index in [9.17, 15) is 13.2 Å². The van der Waals surface area contributed by atoms with Gasteiger partial charge in [0.2, 0.25) is 10.0 Å². The molecule has 0 saturated heterocycles. The number of rotatable bonds is 8. The summed E-state index contributed by atoms with van der Waals surface area (Å²) in [5, 5.41) is 0.642. The first-order chi connectivity index (χ1) is 14.3. The molecule has 0 aliphatic heterocycles. The second-order valence-electron chi connectivity index (χ2n) is 7.93. The van der Waals surface area contributed by atoms with Crippen LogP contribution in [0.4, 0.5) is 0 Å². The zero-order valence-electron chi connectivity index (χ0n) is 17.0. The van der Waals surface area contributed by atoms with Crippen LogP contribution in [0.2, 0.25) is 5.02 Å². The zero-order valence-corrected chi connectivity index (χ0v) is 18.5. The average molecular weight is 449 g/mol. The van der Waals surface area contributed by atoms with Gasteiger partial charge >= 0.3 is 0 Å². The van der Waals surface area contributed by atoms with E-state index in [1.807, 2.05) is 36.1 Å². The van der Waals surface area contributed by atoms with Gasteiger partial charge in [0.05, 0.1) is 13.2 Å². The predicted octanol–water partition coefficient (Wildman–Crippen LogP) is 4.16. The van der Waals surface area contributed by atoms with E-state index in [0.717, 1.165) is 31.2 Å². The van der Waals surface area contributed by atoms with Gasteiger partial charge in [0.1, 0.15) is 10.6 Å². The van der Waals surface area contributed by atoms with Gasteiger partial charge in [-0.1, -0.05) is 23.7 Å². The summed E-state index contributed by atoms with van der Waals surface area (Å²) < 4.78 is 33.5. The number of methoxy groups -OCH3 is 1. The lowest BCUT2D eigenvalue weighted by atomic mass is 10.0. The van der Waals surface area contributed by atoms with Crippen molar-refractivity contribution in [2.24, 2.45) is 0 Å². The molecule has 1 N–H and O–H groups in total. The maximum atomic E-state index is 13.5. The van der Waals surface area contributed by atoms with Gasteiger partial charge in [-0.3, -0.25) is 4.79 Å². The Labute approximate surface area is 182 Å². The number of benzene rings is 2. The van der Waals surface area contributed by atoms with E-state index in [4.69, 9.17) is 16.3 Å². The van der Waals surface area contributed by atoms with E-state index in [1.165, 1.54) is 13.2 Å². The first-order valence-electron chi connectivity index (χ1n) is 10.1. The van der Waals surface area contributed by atoms with Crippen molar-refractivity contribution in [1.82, 2.24) is 9.62 Å². The van der Waals surface area contributed by atoms with Crippen molar-refractivity contribution in [3.63, 3.8) is 0 Å². The molecule has 0 bridgehead atoms. The van der Waals surface area contributed by atoms with Gasteiger partial charge in [-0.05, 0) is 68.5 Å². The number of hydrogen-bond donors (Lipinski definition) is 1. The molecule has 4 rings (SSSR count). The molecule has 2 aromatic rings. The molecule has 2 saturated carbocycles. The van der Waals surface area contributed by atoms with Crippen LogP contribution in [0.1, 0.15) is 54.6 Å². The number of amides is 1. The minimum absolute atomic E-state index is 0.00218. The van der Waals surface area contributed by atoms with Crippen LogP contribution in [-0.2, 0) is 10.0 Å². The Bertz CT molecular complexity index is 1050. The first-order valence-corrected chi connectivity index (χ1v) is 11.9. The van der Waals surface area contributed by atoms with E-state index in [1.54, 1.807) is 12.1 Å². The Hall–Kier alpha value is -2.09. The molecular formula is C22H25ClN2O4S. The highest BCUT2D eigenvalue weighted by Crippen LogP contribution is 2.37. The van der Waals surface area contributed by atoms with E-state index in [2.05, 4.69) is 4.72 Å². The van der Waals surface area contributed by atoms with Crippen molar-refractivity contribution in [2.75, 3.05) is 7.11 Å². The maximum Gasteiger partial charge on any atom is 0.254 e. The fourth-order valence-electron chi connectivity index (χ4n) is 3.57. The topological polar surface area (TPSA) is 75.7 Å². The van der Waals surface area contributed by atoms with E-state index in [-0.39, 0.29) is 34.7 Å². The number of carbonyl (C=O) groups excluding carboxylic acids is 1. The molecule has 1 atom stereocenters. The summed E-state index contributed by atoms with van der Waals surface area (Å²) in [7, 11) is -2.34. The number of nitrogens with one attached hydrogen (secondary N) is 1. The van der Waals surface area contributed by atoms with Gasteiger partial charge < -0.3 is 9.64 Å². The van der Waals surface area contributed by atoms with Crippen molar-refractivity contribution >= 4 is 27.5 Å². The second-order valence-corrected chi connectivity index (χ2v) is 10.1. The summed E-state index contributed by atoms with van der Waals surface area (Å²) in [5.74, 6) is 0.0360. The number of hydrogen-bond acceptors (Lipinski definition) is 4. The van der Waals surface area contributed by atoms with Gasteiger partial charge in [-0.25, -0.2) is 13.1 Å². The molecule has 8 heteroatoms. The highest BCUT2D eigenvalue weighted by atomic mass is 35.5. The fraction of sp³-hybridized carbons (Fsp3) is 0.409. The van der Waals surface area contributed by atoms with Crippen molar-refractivity contribution < 1.29 is 17.9 Å². The summed E-state index contributed by atoms with van der Waals surface area (Å²) in [5.41, 5.74) is 1.32. The largest absolute Gasteiger partial charge is 0.495 e. The van der Waals surface area contributed by atoms with Crippen LogP contribution >= 0.6 is 11.6 Å². The van der Waals surface area contributed by atoms with Crippen molar-refractivity contribution in [1.29, 1.82) is 0 Å². The molecule has 0 heterocycles. The van der Waals surface area contributed by atoms with Gasteiger partial charge in [0, 0.05) is 22.7 Å². The number of nitrogens with zero attached hydrogens (tertiary/aromatic N) is 1. The normalized spacial score (nSPS) is 17.4. The van der Waals surface area contributed by atoms with Crippen LogP contribution < -0.4 is 9.46 Å². The molecule has 2 aliphatic carbocycles. The lowest BCUT2D eigenvalue weighted by Gasteiger charge is -2.30. The molecule has 1 amide bonds. The molecule has 0 aromatic heterocycles. The van der Waals surface area contributed by atoms with E-state index < -0.39 is 10.0 Å². The molecule has 0 spiro atoms. The monoisotopic (exact) mass is 448 g/mol. The molecule has 2 aliphatic rings. The molecule has 160 valence electrons. The second kappa shape index (κ2) is 8.21. The summed E-state index contributed by atoms with van der Waals surface area (Å²) in [6, 6.07) is 12.0. The summed E-state index contributed by atoms with van der Waals surface area (Å²) in [6.45, 7) is 1.98. The Morgan fingerprint density at radius 2 is 1.80 bits per heavy atom. The number of halogens is 1. The average Bonchev–Trinajstić information content (AvgIpc) is 3.64. The zero-order chi connectivity index (χ0) is 21.5. The molecule has 0 radical (unpaired) electrons. The van der Waals surface area contributed by atoms with Gasteiger partial charge in [0.25, 0.3) is 5.91 Å². The standard InChI is InChI=1S/C22H25ClN2O4S/c1-14(15-3-6-17(23)7-4-15)25(19-10-11-19)22(26)16-5-12-20(29-2)21(13-16)30(27,28)24-18-8-9-18/h3-7,12-14,18-19,24H,8-11H2,1-2H3/t14-/m0/s1. The van der Waals surface area contributed by atoms with Crippen LogP contribution in [0.25, 0.3) is 0 Å². The Kier molecular flexibility index (Phi) is 5.79. The number of ether oxygens (including phenoxy) is 1. The lowest BCUT2D eigenvalue weighted by Crippen LogP contribution is -2.35. The lowest BCUT2D eigenvalue weighted by molar-refractivity contribution is 0.0673. The predicted molar refractivity (Wildman–Crippen MR) is 115 cm³/mol. The third-order valence-corrected chi connectivity index (χ3v) is 7.34. The van der Waals surface area contributed by atoms with Gasteiger partial charge in [-0.2, -0.15) is 0 Å². The van der Waals surface area contributed by atoms with Gasteiger partial charge in [-0.15, -0.1) is 0 Å². The van der Waals surface area contributed by atoms with Gasteiger partial charge in [0.15, 0.2) is 0 Å². The number of carbonyl (C=O) groups is 1. The highest BCUT2D eigenvalue weighted by molar-refractivity contribution is 7.89. The van der Waals surface area contributed by atoms with Crippen molar-refractivity contribution in [2.45, 2.75) is 55.6 Å². The first kappa shape index (κ1) is 21.2. The quantitative estimate of drug-likeness (QED) is 0.658. The minimum Gasteiger partial charge on any atom is -0.495 e. The third-order valence-electron chi connectivity index (χ3n) is 5.54. The molecule has 2 fully saturated rings. The van der Waals surface area contributed by atoms with Crippen LogP contribution in [0, 0.1) is 0 Å². The van der Waals surface area contributed by atoms with E-state index >= 15 is 0 Å². The van der Waals surface area contributed by atoms with Crippen molar-refractivity contribution in [3.8, 4) is 5.75 Å². The summed E-state index contributed by atoms with van der Waals surface area (Å²) >= 11 is 6.00. The third kappa shape index (κ3) is 4.48. The molecule has 30 heavy (non-hydrogen) atoms. The highest BCUT2D eigenvalue weighted by Gasteiger charge is 2.37. The Morgan fingerprint density at radius 1 is 1.13 bits per heavy atom. The van der Waals surface area contributed by atoms with Crippen LogP contribution in [0.3, 0.4) is 0 Å². The number of sulfonamides is 1. The van der Waals surface area contributed by atoms with Crippen LogP contribution in [-0.4, -0.2) is 38.4 Å². The molecular weight excluding hydrogens is 424 g/mol. The van der Waals surface area contributed by atoms with Crippen LogP contribution in [0.15, 0.2) is 47.4 Å². The molecule has 2 aromatic carbocycles. The van der Waals surface area contributed by atoms with Crippen molar-refractivity contribution in [3.05, 3.63) is 58.6 Å². The SMILES string of the molecule is COc1ccc(C(=O)N(C2CC2)[C@@H](C)c2ccc(Cl)cc2)cc1S(=O)(=O)NC1CC1. The van der Waals surface area contributed by atoms with Crippen LogP contribution in [0.5, 0.6) is 5.75 Å². The minimum atomic E-state index is -3.76. The molecule has 6 nitrogen and oxygen atoms in total. The fourth-order valence-corrected chi connectivity index (χ4v) is 5.19. The molecule has 0 unspecified atom stereocenters. The Balaban J connectivity index is 1.66. The maximum absolute atomic E-state index is 13.5. The van der Waals surface area contributed by atoms with E-state index in [0.29, 0.717) is 10.6 Å². The smallest absolute Gasteiger partial charge is 0.254 e. The Morgan fingerprint density at radius 3 is 2.37 bits per heavy atom. The summed E-state index contributed by atoms with van der Waals surface area (Å²) in [6.07, 6.45) is 3.53. The summed E-state index contributed by atoms with van der Waals surface area (Å²) in [4.78, 5) is 15.3.